The maximum Gasteiger partial charge on any atom is 0.142 e. The quantitative estimate of drug-likeness (QED) is 0.531. The van der Waals surface area contributed by atoms with E-state index in [1.807, 2.05) is 0 Å². The van der Waals surface area contributed by atoms with E-state index in [4.69, 9.17) is 4.74 Å². The smallest absolute Gasteiger partial charge is 0.142 e. The molecule has 1 aliphatic rings. The third-order valence-electron chi connectivity index (χ3n) is 5.16. The summed E-state index contributed by atoms with van der Waals surface area (Å²) in [6.07, 6.45) is 0. The van der Waals surface area contributed by atoms with Crippen LogP contribution in [0, 0.1) is 0 Å². The highest BCUT2D eigenvalue weighted by molar-refractivity contribution is 6.09. The standard InChI is InChI=1S/C22H20N2O/c1-23-20-10-6-5-9-17(20)18-11-12-21-19(22(18)23)14-24(15-25-21)13-16-7-3-2-4-8-16/h2-12H,13-15H2,1H3. The molecule has 0 amide bonds. The van der Waals surface area contributed by atoms with Gasteiger partial charge in [-0.05, 0) is 23.8 Å². The molecular weight excluding hydrogens is 308 g/mol. The van der Waals surface area contributed by atoms with Gasteiger partial charge in [0.1, 0.15) is 12.5 Å². The van der Waals surface area contributed by atoms with E-state index in [1.54, 1.807) is 0 Å². The molecule has 3 aromatic carbocycles. The molecule has 0 aliphatic carbocycles. The van der Waals surface area contributed by atoms with Crippen molar-refractivity contribution in [2.24, 2.45) is 7.05 Å². The highest BCUT2D eigenvalue weighted by atomic mass is 16.5. The predicted octanol–water partition coefficient (Wildman–Crippen LogP) is 4.68. The zero-order chi connectivity index (χ0) is 16.8. The normalized spacial score (nSPS) is 14.6. The van der Waals surface area contributed by atoms with Crippen LogP contribution in [0.4, 0.5) is 0 Å². The molecule has 0 fully saturated rings. The number of rotatable bonds is 2. The second kappa shape index (κ2) is 5.64. The monoisotopic (exact) mass is 328 g/mol. The first-order valence-corrected chi connectivity index (χ1v) is 8.69. The lowest BCUT2D eigenvalue weighted by Crippen LogP contribution is -2.31. The topological polar surface area (TPSA) is 17.4 Å². The summed E-state index contributed by atoms with van der Waals surface area (Å²) in [6.45, 7) is 2.45. The van der Waals surface area contributed by atoms with Gasteiger partial charge in [-0.25, -0.2) is 0 Å². The van der Waals surface area contributed by atoms with Crippen molar-refractivity contribution in [2.75, 3.05) is 6.73 Å². The molecule has 3 nitrogen and oxygen atoms in total. The fourth-order valence-electron chi connectivity index (χ4n) is 3.99. The summed E-state index contributed by atoms with van der Waals surface area (Å²) < 4.78 is 8.38. The van der Waals surface area contributed by atoms with Crippen molar-refractivity contribution in [3.05, 3.63) is 77.9 Å². The first kappa shape index (κ1) is 14.6. The lowest BCUT2D eigenvalue weighted by molar-refractivity contribution is 0.0895. The Bertz CT molecular complexity index is 1070. The predicted molar refractivity (Wildman–Crippen MR) is 102 cm³/mol. The van der Waals surface area contributed by atoms with E-state index in [0.29, 0.717) is 6.73 Å². The second-order valence-electron chi connectivity index (χ2n) is 6.76. The summed E-state index contributed by atoms with van der Waals surface area (Å²) in [6, 6.07) is 23.5. The fourth-order valence-corrected chi connectivity index (χ4v) is 3.99. The lowest BCUT2D eigenvalue weighted by Gasteiger charge is -2.29. The van der Waals surface area contributed by atoms with Crippen molar-refractivity contribution in [2.45, 2.75) is 13.1 Å². The minimum atomic E-state index is 0.636. The van der Waals surface area contributed by atoms with Gasteiger partial charge < -0.3 is 9.30 Å². The van der Waals surface area contributed by atoms with E-state index >= 15 is 0 Å². The van der Waals surface area contributed by atoms with E-state index < -0.39 is 0 Å². The Morgan fingerprint density at radius 1 is 0.880 bits per heavy atom. The molecule has 25 heavy (non-hydrogen) atoms. The van der Waals surface area contributed by atoms with Crippen molar-refractivity contribution in [3.8, 4) is 5.75 Å². The van der Waals surface area contributed by atoms with E-state index in [9.17, 15) is 0 Å². The van der Waals surface area contributed by atoms with Gasteiger partial charge in [0.15, 0.2) is 0 Å². The van der Waals surface area contributed by atoms with Crippen LogP contribution in [0.3, 0.4) is 0 Å². The van der Waals surface area contributed by atoms with Gasteiger partial charge >= 0.3 is 0 Å². The van der Waals surface area contributed by atoms with Gasteiger partial charge in [-0.3, -0.25) is 4.90 Å². The highest BCUT2D eigenvalue weighted by Crippen LogP contribution is 2.37. The molecule has 0 bridgehead atoms. The van der Waals surface area contributed by atoms with Crippen LogP contribution in [0.15, 0.2) is 66.7 Å². The zero-order valence-corrected chi connectivity index (χ0v) is 14.3. The molecule has 4 aromatic rings. The first-order valence-electron chi connectivity index (χ1n) is 8.69. The Labute approximate surface area is 147 Å². The largest absolute Gasteiger partial charge is 0.478 e. The molecule has 2 heterocycles. The number of ether oxygens (including phenoxy) is 1. The number of para-hydroxylation sites is 1. The molecular formula is C22H20N2O. The van der Waals surface area contributed by atoms with Crippen LogP contribution in [0.2, 0.25) is 0 Å². The summed E-state index contributed by atoms with van der Waals surface area (Å²) in [5.74, 6) is 1.02. The van der Waals surface area contributed by atoms with E-state index in [2.05, 4.69) is 83.2 Å². The molecule has 0 radical (unpaired) electrons. The number of fused-ring (bicyclic) bond motifs is 5. The summed E-state index contributed by atoms with van der Waals surface area (Å²) in [4.78, 5) is 2.36. The molecule has 0 saturated carbocycles. The van der Waals surface area contributed by atoms with Gasteiger partial charge in [0, 0.05) is 42.0 Å². The maximum atomic E-state index is 6.08. The molecule has 0 unspecified atom stereocenters. The number of aromatic nitrogens is 1. The molecule has 0 saturated heterocycles. The van der Waals surface area contributed by atoms with E-state index in [0.717, 1.165) is 18.8 Å². The molecule has 0 spiro atoms. The summed E-state index contributed by atoms with van der Waals surface area (Å²) in [7, 11) is 2.15. The summed E-state index contributed by atoms with van der Waals surface area (Å²) >= 11 is 0. The van der Waals surface area contributed by atoms with Crippen LogP contribution in [0.25, 0.3) is 21.8 Å². The van der Waals surface area contributed by atoms with Crippen molar-refractivity contribution in [3.63, 3.8) is 0 Å². The van der Waals surface area contributed by atoms with Gasteiger partial charge in [-0.1, -0.05) is 48.5 Å². The average molecular weight is 328 g/mol. The van der Waals surface area contributed by atoms with Crippen LogP contribution in [0.1, 0.15) is 11.1 Å². The Morgan fingerprint density at radius 2 is 1.68 bits per heavy atom. The van der Waals surface area contributed by atoms with Gasteiger partial charge in [-0.2, -0.15) is 0 Å². The number of nitrogens with zero attached hydrogens (tertiary/aromatic N) is 2. The SMILES string of the molecule is Cn1c2ccccc2c2ccc3c(c21)CN(Cc1ccccc1)CO3. The van der Waals surface area contributed by atoms with Gasteiger partial charge in [0.05, 0.1) is 5.52 Å². The Hall–Kier alpha value is -2.78. The molecule has 1 aliphatic heterocycles. The summed E-state index contributed by atoms with van der Waals surface area (Å²) in [5, 5.41) is 2.62. The zero-order valence-electron chi connectivity index (χ0n) is 14.3. The van der Waals surface area contributed by atoms with Crippen molar-refractivity contribution >= 4 is 21.8 Å². The van der Waals surface area contributed by atoms with Gasteiger partial charge in [0.2, 0.25) is 0 Å². The van der Waals surface area contributed by atoms with Crippen molar-refractivity contribution in [1.82, 2.24) is 9.47 Å². The van der Waals surface area contributed by atoms with Crippen LogP contribution in [-0.2, 0) is 20.1 Å². The Kier molecular flexibility index (Phi) is 3.28. The van der Waals surface area contributed by atoms with Gasteiger partial charge in [-0.15, -0.1) is 0 Å². The third kappa shape index (κ3) is 2.31. The molecule has 1 aromatic heterocycles. The minimum absolute atomic E-state index is 0.636. The van der Waals surface area contributed by atoms with Crippen LogP contribution < -0.4 is 4.74 Å². The molecule has 124 valence electrons. The Morgan fingerprint density at radius 3 is 2.56 bits per heavy atom. The van der Waals surface area contributed by atoms with E-state index in [1.165, 1.54) is 32.9 Å². The van der Waals surface area contributed by atoms with E-state index in [-0.39, 0.29) is 0 Å². The number of hydrogen-bond donors (Lipinski definition) is 0. The minimum Gasteiger partial charge on any atom is -0.478 e. The third-order valence-corrected chi connectivity index (χ3v) is 5.16. The molecule has 0 atom stereocenters. The second-order valence-corrected chi connectivity index (χ2v) is 6.76. The number of hydrogen-bond acceptors (Lipinski definition) is 2. The van der Waals surface area contributed by atoms with Crippen LogP contribution >= 0.6 is 0 Å². The number of aryl methyl sites for hydroxylation is 1. The van der Waals surface area contributed by atoms with Crippen LogP contribution in [-0.4, -0.2) is 16.2 Å². The fraction of sp³-hybridized carbons (Fsp3) is 0.182. The average Bonchev–Trinajstić information content (AvgIpc) is 2.96. The molecule has 3 heteroatoms. The maximum absolute atomic E-state index is 6.08. The highest BCUT2D eigenvalue weighted by Gasteiger charge is 2.22. The van der Waals surface area contributed by atoms with Crippen LogP contribution in [0.5, 0.6) is 5.75 Å². The molecule has 5 rings (SSSR count). The lowest BCUT2D eigenvalue weighted by atomic mass is 10.1. The van der Waals surface area contributed by atoms with Crippen molar-refractivity contribution in [1.29, 1.82) is 0 Å². The Balaban J connectivity index is 1.61. The van der Waals surface area contributed by atoms with Crippen molar-refractivity contribution < 1.29 is 4.74 Å². The molecule has 0 N–H and O–H groups in total. The summed E-state index contributed by atoms with van der Waals surface area (Å²) in [5.41, 5.74) is 5.17. The number of benzene rings is 3. The first-order chi connectivity index (χ1) is 12.3. The van der Waals surface area contributed by atoms with Gasteiger partial charge in [0.25, 0.3) is 0 Å².